The smallest absolute Gasteiger partial charge is 0.343 e. The van der Waals surface area contributed by atoms with Crippen LogP contribution in [0.25, 0.3) is 0 Å². The Bertz CT molecular complexity index is 1320. The molecule has 0 radical (unpaired) electrons. The minimum atomic E-state index is -2.57. The zero-order valence-electron chi connectivity index (χ0n) is 22.0. The van der Waals surface area contributed by atoms with Gasteiger partial charge in [0.2, 0.25) is 17.6 Å². The van der Waals surface area contributed by atoms with E-state index in [-0.39, 0.29) is 55.1 Å². The van der Waals surface area contributed by atoms with Crippen LogP contribution in [0.1, 0.15) is 54.6 Å². The summed E-state index contributed by atoms with van der Waals surface area (Å²) in [5.41, 5.74) is 13.5. The molecule has 4 heterocycles. The molecule has 5 aliphatic rings. The minimum absolute atomic E-state index is 0.0251. The van der Waals surface area contributed by atoms with Crippen molar-refractivity contribution in [2.45, 2.75) is 75.5 Å². The number of hydrogen-bond donors (Lipinski definition) is 7. The van der Waals surface area contributed by atoms with E-state index in [1.807, 2.05) is 12.1 Å². The molecule has 1 aromatic rings. The maximum Gasteiger partial charge on any atom is 0.343 e. The standard InChI is InChI=1S/C26H34N8O5/c1-24(2)9-8-14-13(10-24)4-3-5-15(14)21(37)30-17-12-34-23(28)29-16(11-33-18(35)6-7-19(33)36)20-25(34,26(17,38)39)32-22(27)31-20/h3-5,16-17,20,38-39H,6-12H2,1-2H3,(H2,28,29)(H,30,37)(H3,27,31,32)/p+1/t16-,17?,20-,25?/m0/s1. The van der Waals surface area contributed by atoms with Crippen molar-refractivity contribution in [2.24, 2.45) is 21.9 Å². The summed E-state index contributed by atoms with van der Waals surface area (Å²) in [5.74, 6) is -3.60. The molecule has 4 aliphatic heterocycles. The van der Waals surface area contributed by atoms with Gasteiger partial charge in [0.25, 0.3) is 11.6 Å². The van der Waals surface area contributed by atoms with E-state index in [4.69, 9.17) is 11.5 Å². The van der Waals surface area contributed by atoms with Crippen molar-refractivity contribution in [1.82, 2.24) is 20.4 Å². The first-order chi connectivity index (χ1) is 18.3. The molecule has 2 saturated heterocycles. The van der Waals surface area contributed by atoms with Crippen molar-refractivity contribution >= 4 is 29.6 Å². The van der Waals surface area contributed by atoms with Gasteiger partial charge in [-0.3, -0.25) is 34.9 Å². The first-order valence-electron chi connectivity index (χ1n) is 13.3. The maximum atomic E-state index is 13.6. The van der Waals surface area contributed by atoms with Crippen LogP contribution in [0.15, 0.2) is 23.2 Å². The number of amides is 3. The van der Waals surface area contributed by atoms with E-state index in [1.54, 1.807) is 6.07 Å². The van der Waals surface area contributed by atoms with Gasteiger partial charge in [-0.1, -0.05) is 26.0 Å². The van der Waals surface area contributed by atoms with Crippen molar-refractivity contribution < 1.29 is 29.6 Å². The van der Waals surface area contributed by atoms with Gasteiger partial charge < -0.3 is 21.3 Å². The van der Waals surface area contributed by atoms with Crippen molar-refractivity contribution in [3.8, 4) is 0 Å². The monoisotopic (exact) mass is 539 g/mol. The summed E-state index contributed by atoms with van der Waals surface area (Å²) < 4.78 is 0. The van der Waals surface area contributed by atoms with Crippen LogP contribution in [-0.4, -0.2) is 92.3 Å². The molecule has 9 N–H and O–H groups in total. The fourth-order valence-electron chi connectivity index (χ4n) is 6.95. The highest BCUT2D eigenvalue weighted by molar-refractivity contribution is 6.02. The van der Waals surface area contributed by atoms with Crippen molar-refractivity contribution in [1.29, 1.82) is 0 Å². The predicted octanol–water partition coefficient (Wildman–Crippen LogP) is -3.79. The van der Waals surface area contributed by atoms with Crippen LogP contribution in [-0.2, 0) is 22.4 Å². The number of carbonyl (C=O) groups excluding carboxylic acids is 3. The molecule has 1 aromatic carbocycles. The Kier molecular flexibility index (Phi) is 5.50. The molecule has 1 aliphatic carbocycles. The second kappa shape index (κ2) is 8.39. The third-order valence-corrected chi connectivity index (χ3v) is 8.95. The number of nitrogens with one attached hydrogen (secondary N) is 3. The number of imide groups is 1. The Morgan fingerprint density at radius 1 is 1.21 bits per heavy atom. The topological polar surface area (TPSA) is 201 Å². The Labute approximate surface area is 225 Å². The number of likely N-dealkylation sites (tertiary alicyclic amines) is 1. The van der Waals surface area contributed by atoms with E-state index in [0.29, 0.717) is 5.56 Å². The minimum Gasteiger partial charge on any atom is -0.370 e. The number of aliphatic imine (C=N–C) groups is 1. The van der Waals surface area contributed by atoms with Crippen LogP contribution >= 0.6 is 0 Å². The summed E-state index contributed by atoms with van der Waals surface area (Å²) in [5, 5.41) is 29.2. The van der Waals surface area contributed by atoms with Gasteiger partial charge in [-0.25, -0.2) is 10.3 Å². The number of nitrogens with two attached hydrogens (primary N) is 2. The average molecular weight is 540 g/mol. The van der Waals surface area contributed by atoms with Crippen molar-refractivity contribution in [3.63, 3.8) is 0 Å². The molecule has 208 valence electrons. The lowest BCUT2D eigenvalue weighted by Crippen LogP contribution is -2.90. The molecule has 0 bridgehead atoms. The highest BCUT2D eigenvalue weighted by atomic mass is 16.5. The molecule has 2 unspecified atom stereocenters. The second-order valence-corrected chi connectivity index (χ2v) is 12.0. The van der Waals surface area contributed by atoms with Gasteiger partial charge in [-0.2, -0.15) is 0 Å². The largest absolute Gasteiger partial charge is 0.370 e. The molecule has 0 saturated carbocycles. The number of aliphatic hydroxyl groups is 2. The van der Waals surface area contributed by atoms with E-state index < -0.39 is 35.5 Å². The van der Waals surface area contributed by atoms with Crippen LogP contribution in [0.4, 0.5) is 0 Å². The highest BCUT2D eigenvalue weighted by Gasteiger charge is 2.76. The van der Waals surface area contributed by atoms with E-state index >= 15 is 0 Å². The van der Waals surface area contributed by atoms with Crippen LogP contribution in [0, 0.1) is 5.41 Å². The first kappa shape index (κ1) is 25.6. The van der Waals surface area contributed by atoms with E-state index in [9.17, 15) is 24.6 Å². The van der Waals surface area contributed by atoms with E-state index in [1.165, 1.54) is 4.90 Å². The van der Waals surface area contributed by atoms with Crippen LogP contribution in [0.2, 0.25) is 0 Å². The molecule has 2 fully saturated rings. The maximum absolute atomic E-state index is 13.6. The van der Waals surface area contributed by atoms with E-state index in [2.05, 4.69) is 34.5 Å². The fraction of sp³-hybridized carbons (Fsp3) is 0.577. The third kappa shape index (κ3) is 3.70. The molecule has 6 rings (SSSR count). The molecular weight excluding hydrogens is 504 g/mol. The molecule has 13 heteroatoms. The van der Waals surface area contributed by atoms with Gasteiger partial charge in [0.15, 0.2) is 12.0 Å². The molecule has 3 amide bonds. The number of nitrogens with zero attached hydrogens (tertiary/aromatic N) is 3. The summed E-state index contributed by atoms with van der Waals surface area (Å²) in [4.78, 5) is 48.3. The Balaban J connectivity index is 1.30. The van der Waals surface area contributed by atoms with Gasteiger partial charge >= 0.3 is 5.96 Å². The average Bonchev–Trinajstić information content (AvgIpc) is 3.45. The van der Waals surface area contributed by atoms with Gasteiger partial charge in [0.1, 0.15) is 12.1 Å². The first-order valence-corrected chi connectivity index (χ1v) is 13.3. The van der Waals surface area contributed by atoms with Gasteiger partial charge in [-0.15, -0.1) is 0 Å². The van der Waals surface area contributed by atoms with Crippen molar-refractivity contribution in [3.05, 3.63) is 34.9 Å². The molecule has 0 aromatic heterocycles. The van der Waals surface area contributed by atoms with Gasteiger partial charge in [0, 0.05) is 18.4 Å². The zero-order valence-corrected chi connectivity index (χ0v) is 22.0. The fourth-order valence-corrected chi connectivity index (χ4v) is 6.95. The lowest BCUT2D eigenvalue weighted by atomic mass is 9.73. The Morgan fingerprint density at radius 3 is 2.64 bits per heavy atom. The summed E-state index contributed by atoms with van der Waals surface area (Å²) >= 11 is 0. The highest BCUT2D eigenvalue weighted by Crippen LogP contribution is 2.42. The quantitative estimate of drug-likeness (QED) is 0.148. The normalized spacial score (nSPS) is 32.2. The van der Waals surface area contributed by atoms with Crippen LogP contribution in [0.5, 0.6) is 0 Å². The molecule has 13 nitrogen and oxygen atoms in total. The van der Waals surface area contributed by atoms with Crippen molar-refractivity contribution in [2.75, 3.05) is 13.1 Å². The summed E-state index contributed by atoms with van der Waals surface area (Å²) in [6.45, 7) is 4.25. The number of rotatable bonds is 4. The molecule has 1 spiro atoms. The molecule has 39 heavy (non-hydrogen) atoms. The third-order valence-electron chi connectivity index (χ3n) is 8.95. The number of carbonyl (C=O) groups is 3. The zero-order chi connectivity index (χ0) is 27.9. The number of benzene rings is 1. The summed E-state index contributed by atoms with van der Waals surface area (Å²) in [6.07, 6.45) is 2.79. The summed E-state index contributed by atoms with van der Waals surface area (Å²) in [7, 11) is 0. The SMILES string of the molecule is CC1(C)CCc2c(cccc2C(=O)NC2CN3C(N)=N[C@@H](CN4C(=O)CCC4=O)[C@@H]4[NH+]=C(N)NC43C2(O)O)C1. The number of hydrogen-bond acceptors (Lipinski definition) is 10. The Morgan fingerprint density at radius 2 is 1.92 bits per heavy atom. The number of guanidine groups is 2. The Hall–Kier alpha value is -3.71. The van der Waals surface area contributed by atoms with Crippen LogP contribution < -0.4 is 27.1 Å². The predicted molar refractivity (Wildman–Crippen MR) is 139 cm³/mol. The second-order valence-electron chi connectivity index (χ2n) is 12.0. The molecule has 4 atom stereocenters. The molecular formula is C26H35N8O5+. The number of fused-ring (bicyclic) bond motifs is 1. The van der Waals surface area contributed by atoms with E-state index in [0.717, 1.165) is 35.3 Å². The van der Waals surface area contributed by atoms with Gasteiger partial charge in [0.05, 0.1) is 13.1 Å². The lowest BCUT2D eigenvalue weighted by Gasteiger charge is -2.46. The van der Waals surface area contributed by atoms with Gasteiger partial charge in [-0.05, 0) is 41.9 Å². The summed E-state index contributed by atoms with van der Waals surface area (Å²) in [6, 6.07) is 2.76. The lowest BCUT2D eigenvalue weighted by molar-refractivity contribution is -0.521. The van der Waals surface area contributed by atoms with Crippen LogP contribution in [0.3, 0.4) is 0 Å².